The summed E-state index contributed by atoms with van der Waals surface area (Å²) in [6.07, 6.45) is 7.39. The van der Waals surface area contributed by atoms with Gasteiger partial charge in [0.2, 0.25) is 11.8 Å². The molecule has 2 atom stereocenters. The summed E-state index contributed by atoms with van der Waals surface area (Å²) in [5.74, 6) is -0.585. The van der Waals surface area contributed by atoms with E-state index in [0.29, 0.717) is 38.5 Å². The van der Waals surface area contributed by atoms with Crippen molar-refractivity contribution in [2.45, 2.75) is 163 Å². The zero-order valence-electron chi connectivity index (χ0n) is 25.1. The van der Waals surface area contributed by atoms with E-state index in [1.165, 1.54) is 0 Å². The molecule has 0 bridgehead atoms. The monoisotopic (exact) mass is 510 g/mol. The summed E-state index contributed by atoms with van der Waals surface area (Å²) in [5.41, 5.74) is -3.99. The fourth-order valence-electron chi connectivity index (χ4n) is 6.50. The van der Waals surface area contributed by atoms with Gasteiger partial charge in [0.05, 0.1) is 23.3 Å². The van der Waals surface area contributed by atoms with E-state index in [9.17, 15) is 19.8 Å². The lowest BCUT2D eigenvalue weighted by atomic mass is 9.65. The first-order valence-electron chi connectivity index (χ1n) is 14.5. The maximum atomic E-state index is 13.9. The van der Waals surface area contributed by atoms with Crippen LogP contribution in [0.1, 0.15) is 140 Å². The molecule has 36 heavy (non-hydrogen) atoms. The predicted octanol–water partition coefficient (Wildman–Crippen LogP) is 5.88. The standard InChI is InChI=1S/C30H58N2O4/c1-11-16-29(35,17-12-2)22(26(5,6)7)31-24(33)28(20-15-21-28)25(34)32-23(27(8,9)10)30(36,18-13-3)19-14-4/h22-23,35-36H,11-21H2,1-10H3,(H,31,33)(H,32,34)/t22-,23-/m1/s1. The van der Waals surface area contributed by atoms with Crippen LogP contribution in [0.15, 0.2) is 0 Å². The van der Waals surface area contributed by atoms with Crippen LogP contribution in [0.5, 0.6) is 0 Å². The first-order chi connectivity index (χ1) is 16.5. The second kappa shape index (κ2) is 12.6. The summed E-state index contributed by atoms with van der Waals surface area (Å²) in [4.78, 5) is 27.8. The first kappa shape index (κ1) is 32.9. The topological polar surface area (TPSA) is 98.7 Å². The van der Waals surface area contributed by atoms with Crippen LogP contribution < -0.4 is 10.6 Å². The Morgan fingerprint density at radius 3 is 1.11 bits per heavy atom. The van der Waals surface area contributed by atoms with Crippen LogP contribution in [0.4, 0.5) is 0 Å². The number of rotatable bonds is 14. The van der Waals surface area contributed by atoms with Gasteiger partial charge in [-0.2, -0.15) is 0 Å². The maximum absolute atomic E-state index is 13.9. The van der Waals surface area contributed by atoms with E-state index >= 15 is 0 Å². The highest BCUT2D eigenvalue weighted by molar-refractivity contribution is 6.06. The van der Waals surface area contributed by atoms with Crippen molar-refractivity contribution in [3.8, 4) is 0 Å². The van der Waals surface area contributed by atoms with Gasteiger partial charge >= 0.3 is 0 Å². The van der Waals surface area contributed by atoms with Crippen molar-refractivity contribution in [2.75, 3.05) is 0 Å². The Morgan fingerprint density at radius 2 is 0.944 bits per heavy atom. The highest BCUT2D eigenvalue weighted by Crippen LogP contribution is 2.44. The fraction of sp³-hybridized carbons (Fsp3) is 0.933. The largest absolute Gasteiger partial charge is 0.388 e. The Bertz CT molecular complexity index is 647. The van der Waals surface area contributed by atoms with Crippen LogP contribution in [0.2, 0.25) is 0 Å². The zero-order valence-corrected chi connectivity index (χ0v) is 25.1. The van der Waals surface area contributed by atoms with Crippen molar-refractivity contribution < 1.29 is 19.8 Å². The second-order valence-corrected chi connectivity index (χ2v) is 13.7. The first-order valence-corrected chi connectivity index (χ1v) is 14.5. The SMILES string of the molecule is CCCC(O)(CCC)[C@H](NC(=O)C1(C(=O)N[C@H](C(C)(C)C)C(O)(CCC)CCC)CCC1)C(C)(C)C. The van der Waals surface area contributed by atoms with Gasteiger partial charge in [-0.05, 0) is 49.4 Å². The molecular weight excluding hydrogens is 452 g/mol. The van der Waals surface area contributed by atoms with Crippen molar-refractivity contribution in [3.05, 3.63) is 0 Å². The molecule has 1 aliphatic carbocycles. The lowest BCUT2D eigenvalue weighted by Gasteiger charge is -2.49. The number of aliphatic hydroxyl groups is 2. The summed E-state index contributed by atoms with van der Waals surface area (Å²) >= 11 is 0. The van der Waals surface area contributed by atoms with Crippen molar-refractivity contribution >= 4 is 11.8 Å². The Kier molecular flexibility index (Phi) is 11.5. The quantitative estimate of drug-likeness (QED) is 0.219. The van der Waals surface area contributed by atoms with Crippen LogP contribution in [0.25, 0.3) is 0 Å². The fourth-order valence-corrected chi connectivity index (χ4v) is 6.50. The summed E-state index contributed by atoms with van der Waals surface area (Å²) in [5, 5.41) is 29.7. The van der Waals surface area contributed by atoms with Crippen molar-refractivity contribution in [1.82, 2.24) is 10.6 Å². The molecule has 1 rings (SSSR count). The molecule has 2 amide bonds. The van der Waals surface area contributed by atoms with Gasteiger partial charge < -0.3 is 20.8 Å². The highest BCUT2D eigenvalue weighted by atomic mass is 16.3. The van der Waals surface area contributed by atoms with Crippen LogP contribution in [-0.4, -0.2) is 45.3 Å². The summed E-state index contributed by atoms with van der Waals surface area (Å²) in [6.45, 7) is 20.4. The Hall–Kier alpha value is -1.14. The van der Waals surface area contributed by atoms with Gasteiger partial charge in [-0.25, -0.2) is 0 Å². The predicted molar refractivity (Wildman–Crippen MR) is 149 cm³/mol. The summed E-state index contributed by atoms with van der Waals surface area (Å²) in [6, 6.07) is -0.948. The van der Waals surface area contributed by atoms with Gasteiger partial charge in [0.15, 0.2) is 0 Å². The molecule has 0 radical (unpaired) electrons. The van der Waals surface area contributed by atoms with Crippen LogP contribution in [0.3, 0.4) is 0 Å². The molecule has 0 aromatic heterocycles. The zero-order chi connectivity index (χ0) is 28.0. The van der Waals surface area contributed by atoms with Crippen LogP contribution in [-0.2, 0) is 9.59 Å². The number of hydrogen-bond donors (Lipinski definition) is 4. The van der Waals surface area contributed by atoms with Crippen molar-refractivity contribution in [1.29, 1.82) is 0 Å². The molecule has 1 aliphatic rings. The minimum atomic E-state index is -1.16. The Balaban J connectivity index is 3.34. The van der Waals surface area contributed by atoms with E-state index in [4.69, 9.17) is 0 Å². The third kappa shape index (κ3) is 7.46. The van der Waals surface area contributed by atoms with E-state index in [2.05, 4.69) is 10.6 Å². The average Bonchev–Trinajstić information content (AvgIpc) is 2.68. The number of carbonyl (C=O) groups excluding carboxylic acids is 2. The molecule has 0 aromatic rings. The molecule has 1 fully saturated rings. The molecule has 0 aliphatic heterocycles. The molecule has 0 aromatic carbocycles. The molecule has 0 unspecified atom stereocenters. The Labute approximate surface area is 221 Å². The minimum absolute atomic E-state index is 0.293. The molecule has 0 heterocycles. The highest BCUT2D eigenvalue weighted by Gasteiger charge is 2.55. The summed E-state index contributed by atoms with van der Waals surface area (Å²) in [7, 11) is 0. The van der Waals surface area contributed by atoms with Gasteiger partial charge in [-0.1, -0.05) is 101 Å². The third-order valence-corrected chi connectivity index (χ3v) is 8.17. The molecule has 6 nitrogen and oxygen atoms in total. The molecule has 212 valence electrons. The van der Waals surface area contributed by atoms with Gasteiger partial charge in [-0.15, -0.1) is 0 Å². The molecule has 0 saturated heterocycles. The van der Waals surface area contributed by atoms with E-state index in [0.717, 1.165) is 32.1 Å². The van der Waals surface area contributed by atoms with Crippen LogP contribution in [0, 0.1) is 16.2 Å². The van der Waals surface area contributed by atoms with Crippen molar-refractivity contribution in [2.24, 2.45) is 16.2 Å². The Morgan fingerprint density at radius 1 is 0.667 bits per heavy atom. The molecule has 0 spiro atoms. The van der Waals surface area contributed by atoms with Crippen molar-refractivity contribution in [3.63, 3.8) is 0 Å². The maximum Gasteiger partial charge on any atom is 0.236 e. The van der Waals surface area contributed by atoms with Crippen LogP contribution >= 0.6 is 0 Å². The van der Waals surface area contributed by atoms with Gasteiger partial charge in [0, 0.05) is 0 Å². The van der Waals surface area contributed by atoms with E-state index < -0.39 is 28.7 Å². The normalized spacial score (nSPS) is 18.2. The molecular formula is C30H58N2O4. The van der Waals surface area contributed by atoms with E-state index in [-0.39, 0.29) is 22.6 Å². The van der Waals surface area contributed by atoms with Gasteiger partial charge in [0.25, 0.3) is 0 Å². The van der Waals surface area contributed by atoms with E-state index in [1.54, 1.807) is 0 Å². The number of amides is 2. The average molecular weight is 511 g/mol. The molecule has 1 saturated carbocycles. The lowest BCUT2D eigenvalue weighted by Crippen LogP contribution is -2.67. The minimum Gasteiger partial charge on any atom is -0.388 e. The van der Waals surface area contributed by atoms with Gasteiger partial charge in [-0.3, -0.25) is 9.59 Å². The number of carbonyl (C=O) groups is 2. The van der Waals surface area contributed by atoms with E-state index in [1.807, 2.05) is 69.2 Å². The molecule has 4 N–H and O–H groups in total. The lowest BCUT2D eigenvalue weighted by molar-refractivity contribution is -0.156. The number of hydrogen-bond acceptors (Lipinski definition) is 4. The third-order valence-electron chi connectivity index (χ3n) is 8.17. The summed E-state index contributed by atoms with van der Waals surface area (Å²) < 4.78 is 0. The number of nitrogens with one attached hydrogen (secondary N) is 2. The van der Waals surface area contributed by atoms with Gasteiger partial charge in [0.1, 0.15) is 5.41 Å². The smallest absolute Gasteiger partial charge is 0.236 e. The molecule has 6 heteroatoms. The second-order valence-electron chi connectivity index (χ2n) is 13.7.